The number of rotatable bonds is 5. The molecule has 3 rings (SSSR count). The Bertz CT molecular complexity index is 706. The number of aliphatic hydroxyl groups is 1. The first kappa shape index (κ1) is 20.3. The van der Waals surface area contributed by atoms with E-state index in [0.29, 0.717) is 12.3 Å². The lowest BCUT2D eigenvalue weighted by Crippen LogP contribution is -2.54. The van der Waals surface area contributed by atoms with Crippen LogP contribution in [0.4, 0.5) is 0 Å². The van der Waals surface area contributed by atoms with Gasteiger partial charge in [0.2, 0.25) is 5.91 Å². The van der Waals surface area contributed by atoms with E-state index in [1.54, 1.807) is 11.3 Å². The number of piperidine rings is 2. The zero-order valence-corrected chi connectivity index (χ0v) is 17.4. The van der Waals surface area contributed by atoms with E-state index in [9.17, 15) is 4.79 Å². The number of aliphatic hydroxyl groups excluding tert-OH is 1. The summed E-state index contributed by atoms with van der Waals surface area (Å²) in [5.74, 6) is 6.03. The van der Waals surface area contributed by atoms with Crippen molar-refractivity contribution < 1.29 is 9.90 Å². The maximum atomic E-state index is 12.4. The molecule has 5 nitrogen and oxygen atoms in total. The smallest absolute Gasteiger partial charge is 0.222 e. The molecule has 0 saturated carbocycles. The van der Waals surface area contributed by atoms with E-state index in [2.05, 4.69) is 52.1 Å². The van der Waals surface area contributed by atoms with Crippen LogP contribution in [0.3, 0.4) is 0 Å². The van der Waals surface area contributed by atoms with Gasteiger partial charge in [0.15, 0.2) is 0 Å². The third kappa shape index (κ3) is 5.55. The van der Waals surface area contributed by atoms with Crippen molar-refractivity contribution in [2.45, 2.75) is 32.2 Å². The minimum absolute atomic E-state index is 0.0944. The number of amides is 1. The minimum Gasteiger partial charge on any atom is -0.384 e. The maximum Gasteiger partial charge on any atom is 0.222 e. The van der Waals surface area contributed by atoms with Gasteiger partial charge in [-0.25, -0.2) is 0 Å². The first-order valence-corrected chi connectivity index (χ1v) is 10.7. The van der Waals surface area contributed by atoms with E-state index in [1.807, 2.05) is 0 Å². The van der Waals surface area contributed by atoms with E-state index in [-0.39, 0.29) is 12.0 Å². The summed E-state index contributed by atoms with van der Waals surface area (Å²) in [4.78, 5) is 20.5. The van der Waals surface area contributed by atoms with E-state index < -0.39 is 0 Å². The number of carbonyl (C=O) groups is 1. The highest BCUT2D eigenvalue weighted by atomic mass is 32.1. The topological polar surface area (TPSA) is 47.0 Å². The Morgan fingerprint density at radius 1 is 1.33 bits per heavy atom. The molecule has 2 fully saturated rings. The fourth-order valence-corrected chi connectivity index (χ4v) is 5.15. The monoisotopic (exact) mass is 389 g/mol. The molecule has 6 heteroatoms. The van der Waals surface area contributed by atoms with Gasteiger partial charge >= 0.3 is 0 Å². The average molecular weight is 390 g/mol. The van der Waals surface area contributed by atoms with Crippen LogP contribution in [-0.2, 0) is 11.3 Å². The molecule has 1 N–H and O–H groups in total. The molecule has 1 aromatic rings. The molecule has 0 aromatic carbocycles. The Labute approximate surface area is 166 Å². The van der Waals surface area contributed by atoms with Gasteiger partial charge in [0.25, 0.3) is 0 Å². The molecule has 1 amide bonds. The molecule has 1 aromatic heterocycles. The van der Waals surface area contributed by atoms with Gasteiger partial charge in [-0.1, -0.05) is 11.8 Å². The Balaban J connectivity index is 1.61. The molecule has 0 aliphatic carbocycles. The Hall–Kier alpha value is -1.39. The van der Waals surface area contributed by atoms with Gasteiger partial charge in [-0.05, 0) is 46.0 Å². The molecular weight excluding hydrogens is 358 g/mol. The van der Waals surface area contributed by atoms with Crippen LogP contribution in [0.1, 0.15) is 36.1 Å². The van der Waals surface area contributed by atoms with E-state index in [1.165, 1.54) is 17.7 Å². The van der Waals surface area contributed by atoms with Crippen molar-refractivity contribution in [2.24, 2.45) is 5.41 Å². The number of nitrogens with zero attached hydrogens (tertiary/aromatic N) is 3. The summed E-state index contributed by atoms with van der Waals surface area (Å²) in [5.41, 5.74) is 1.25. The summed E-state index contributed by atoms with van der Waals surface area (Å²) in [6, 6.07) is 2.14. The molecule has 27 heavy (non-hydrogen) atoms. The number of thiophene rings is 1. The van der Waals surface area contributed by atoms with Crippen molar-refractivity contribution in [3.05, 3.63) is 21.9 Å². The summed E-state index contributed by atoms with van der Waals surface area (Å²) < 4.78 is 0. The van der Waals surface area contributed by atoms with Gasteiger partial charge in [-0.2, -0.15) is 0 Å². The summed E-state index contributed by atoms with van der Waals surface area (Å²) in [6.45, 7) is 5.75. The van der Waals surface area contributed by atoms with Crippen molar-refractivity contribution in [2.75, 3.05) is 53.4 Å². The first-order valence-electron chi connectivity index (χ1n) is 9.82. The van der Waals surface area contributed by atoms with Crippen LogP contribution >= 0.6 is 11.3 Å². The molecule has 3 heterocycles. The molecule has 2 saturated heterocycles. The first-order chi connectivity index (χ1) is 13.0. The second kappa shape index (κ2) is 9.20. The number of hydrogen-bond acceptors (Lipinski definition) is 5. The largest absolute Gasteiger partial charge is 0.384 e. The van der Waals surface area contributed by atoms with E-state index in [0.717, 1.165) is 51.3 Å². The van der Waals surface area contributed by atoms with Crippen molar-refractivity contribution >= 4 is 17.2 Å². The average Bonchev–Trinajstić information content (AvgIpc) is 3.08. The van der Waals surface area contributed by atoms with Crippen molar-refractivity contribution in [3.8, 4) is 11.8 Å². The van der Waals surface area contributed by atoms with Crippen molar-refractivity contribution in [1.82, 2.24) is 14.7 Å². The second-order valence-corrected chi connectivity index (χ2v) is 9.19. The number of likely N-dealkylation sites (tertiary alicyclic amines) is 2. The lowest BCUT2D eigenvalue weighted by Gasteiger charge is -2.48. The fraction of sp³-hybridized carbons (Fsp3) is 0.667. The highest BCUT2D eigenvalue weighted by Crippen LogP contribution is 2.39. The summed E-state index contributed by atoms with van der Waals surface area (Å²) in [7, 11) is 4.12. The molecule has 2 aliphatic heterocycles. The van der Waals surface area contributed by atoms with Gasteiger partial charge in [0.1, 0.15) is 6.61 Å². The lowest BCUT2D eigenvalue weighted by molar-refractivity contribution is -0.139. The molecule has 1 spiro atoms. The van der Waals surface area contributed by atoms with Gasteiger partial charge in [-0.15, -0.1) is 11.3 Å². The van der Waals surface area contributed by atoms with E-state index >= 15 is 0 Å². The van der Waals surface area contributed by atoms with Gasteiger partial charge in [0, 0.05) is 60.4 Å². The highest BCUT2D eigenvalue weighted by Gasteiger charge is 2.41. The minimum atomic E-state index is -0.0944. The molecule has 2 aliphatic rings. The van der Waals surface area contributed by atoms with Crippen molar-refractivity contribution in [3.63, 3.8) is 0 Å². The molecule has 0 bridgehead atoms. The van der Waals surface area contributed by atoms with Crippen molar-refractivity contribution in [1.29, 1.82) is 0 Å². The standard InChI is InChI=1S/C21H31N3O2S/c1-22(2)10-11-24-17-21(8-6-20(24)26)7-4-9-23(16-21)14-19-13-18(15-27-19)5-3-12-25/h13,15,25H,4,6-12,14,16-17H2,1-2H3/t21-/m0/s1. The molecule has 148 valence electrons. The van der Waals surface area contributed by atoms with Crippen LogP contribution in [-0.4, -0.2) is 79.1 Å². The van der Waals surface area contributed by atoms with Crippen LogP contribution in [0, 0.1) is 17.3 Å². The quantitative estimate of drug-likeness (QED) is 0.781. The molecule has 1 atom stereocenters. The van der Waals surface area contributed by atoms with Crippen LogP contribution in [0.15, 0.2) is 11.4 Å². The van der Waals surface area contributed by atoms with Crippen LogP contribution < -0.4 is 0 Å². The zero-order chi connectivity index (χ0) is 19.3. The van der Waals surface area contributed by atoms with Crippen LogP contribution in [0.5, 0.6) is 0 Å². The summed E-state index contributed by atoms with van der Waals surface area (Å²) in [6.07, 6.45) is 4.16. The van der Waals surface area contributed by atoms with Crippen LogP contribution in [0.25, 0.3) is 0 Å². The molecular formula is C21H31N3O2S. The normalized spacial score (nSPS) is 23.7. The zero-order valence-electron chi connectivity index (χ0n) is 16.5. The lowest BCUT2D eigenvalue weighted by atomic mass is 9.73. The molecule has 0 unspecified atom stereocenters. The second-order valence-electron chi connectivity index (χ2n) is 8.19. The SMILES string of the molecule is CN(C)CCN1C[C@@]2(CCCN(Cc3cc(C#CCO)cs3)C2)CCC1=O. The Morgan fingerprint density at radius 3 is 2.96 bits per heavy atom. The number of likely N-dealkylation sites (N-methyl/N-ethyl adjacent to an activating group) is 1. The van der Waals surface area contributed by atoms with E-state index in [4.69, 9.17) is 5.11 Å². The fourth-order valence-electron chi connectivity index (χ4n) is 4.30. The van der Waals surface area contributed by atoms with Gasteiger partial charge < -0.3 is 14.9 Å². The maximum absolute atomic E-state index is 12.4. The van der Waals surface area contributed by atoms with Gasteiger partial charge in [-0.3, -0.25) is 9.69 Å². The van der Waals surface area contributed by atoms with Crippen LogP contribution in [0.2, 0.25) is 0 Å². The third-order valence-electron chi connectivity index (χ3n) is 5.65. The van der Waals surface area contributed by atoms with Gasteiger partial charge in [0.05, 0.1) is 0 Å². The molecule has 0 radical (unpaired) electrons. The summed E-state index contributed by atoms with van der Waals surface area (Å²) >= 11 is 1.75. The summed E-state index contributed by atoms with van der Waals surface area (Å²) in [5, 5.41) is 10.9. The Morgan fingerprint density at radius 2 is 2.19 bits per heavy atom. The number of hydrogen-bond donors (Lipinski definition) is 1. The Kier molecular flexibility index (Phi) is 6.93. The predicted molar refractivity (Wildman–Crippen MR) is 110 cm³/mol. The number of carbonyl (C=O) groups excluding carboxylic acids is 1. The third-order valence-corrected chi connectivity index (χ3v) is 6.57. The highest BCUT2D eigenvalue weighted by molar-refractivity contribution is 7.10. The predicted octanol–water partition coefficient (Wildman–Crippen LogP) is 1.86.